The Morgan fingerprint density at radius 3 is 2.48 bits per heavy atom. The molecule has 0 spiro atoms. The summed E-state index contributed by atoms with van der Waals surface area (Å²) in [5.41, 5.74) is 0.560. The van der Waals surface area contributed by atoms with E-state index in [1.807, 2.05) is 0 Å². The predicted molar refractivity (Wildman–Crippen MR) is 94.5 cm³/mol. The fourth-order valence-electron chi connectivity index (χ4n) is 1.92. The summed E-state index contributed by atoms with van der Waals surface area (Å²) in [5, 5.41) is 6.55. The van der Waals surface area contributed by atoms with Gasteiger partial charge in [-0.25, -0.2) is 9.97 Å². The van der Waals surface area contributed by atoms with Crippen LogP contribution in [0.5, 0.6) is 0 Å². The third-order valence-electron chi connectivity index (χ3n) is 3.17. The third kappa shape index (κ3) is 5.08. The van der Waals surface area contributed by atoms with E-state index < -0.39 is 5.91 Å². The van der Waals surface area contributed by atoms with Gasteiger partial charge in [0.15, 0.2) is 0 Å². The number of para-hydroxylation sites is 1. The molecule has 0 saturated heterocycles. The van der Waals surface area contributed by atoms with Gasteiger partial charge in [-0.05, 0) is 18.6 Å². The number of nitrogens with zero attached hydrogens (tertiary/aromatic N) is 2. The van der Waals surface area contributed by atoms with Crippen molar-refractivity contribution in [3.63, 3.8) is 0 Å². The van der Waals surface area contributed by atoms with Crippen molar-refractivity contribution in [1.82, 2.24) is 9.97 Å². The van der Waals surface area contributed by atoms with Crippen molar-refractivity contribution >= 4 is 40.6 Å². The first-order valence-electron chi connectivity index (χ1n) is 7.43. The Bertz CT molecular complexity index is 641. The summed E-state index contributed by atoms with van der Waals surface area (Å²) in [7, 11) is 0. The van der Waals surface area contributed by atoms with Crippen molar-refractivity contribution in [3.05, 3.63) is 46.3 Å². The summed E-state index contributed by atoms with van der Waals surface area (Å²) in [4.78, 5) is 20.5. The highest BCUT2D eigenvalue weighted by atomic mass is 35.5. The number of carbonyl (C=O) groups is 1. The SMILES string of the molecule is CCCCCNc1cnc(C(=O)Nc2c(Cl)cccc2Cl)cn1. The normalized spacial score (nSPS) is 10.4. The number of hydrogen-bond donors (Lipinski definition) is 2. The van der Waals surface area contributed by atoms with Crippen LogP contribution in [0.3, 0.4) is 0 Å². The largest absolute Gasteiger partial charge is 0.369 e. The first kappa shape index (κ1) is 17.5. The number of hydrogen-bond acceptors (Lipinski definition) is 4. The minimum absolute atomic E-state index is 0.195. The number of anilines is 2. The summed E-state index contributed by atoms with van der Waals surface area (Å²) in [6.07, 6.45) is 6.36. The standard InChI is InChI=1S/C16H18Cl2N4O/c1-2-3-4-8-19-14-10-20-13(9-21-14)16(23)22-15-11(17)6-5-7-12(15)18/h5-7,9-10H,2-4,8H2,1H3,(H,19,21)(H,22,23). The van der Waals surface area contributed by atoms with Crippen molar-refractivity contribution in [3.8, 4) is 0 Å². The van der Waals surface area contributed by atoms with Gasteiger partial charge in [0.25, 0.3) is 5.91 Å². The molecular weight excluding hydrogens is 335 g/mol. The second-order valence-electron chi connectivity index (χ2n) is 4.97. The van der Waals surface area contributed by atoms with Crippen LogP contribution in [0.4, 0.5) is 11.5 Å². The van der Waals surface area contributed by atoms with Gasteiger partial charge >= 0.3 is 0 Å². The molecule has 0 atom stereocenters. The molecule has 5 nitrogen and oxygen atoms in total. The maximum atomic E-state index is 12.2. The molecule has 0 fully saturated rings. The Morgan fingerprint density at radius 1 is 1.13 bits per heavy atom. The number of benzene rings is 1. The zero-order chi connectivity index (χ0) is 16.7. The second kappa shape index (κ2) is 8.70. The van der Waals surface area contributed by atoms with Crippen molar-refractivity contribution in [2.24, 2.45) is 0 Å². The lowest BCUT2D eigenvalue weighted by molar-refractivity contribution is 0.102. The average molecular weight is 353 g/mol. The van der Waals surface area contributed by atoms with Gasteiger partial charge in [0.1, 0.15) is 11.5 Å². The highest BCUT2D eigenvalue weighted by molar-refractivity contribution is 6.39. The lowest BCUT2D eigenvalue weighted by atomic mass is 10.2. The van der Waals surface area contributed by atoms with Gasteiger partial charge in [0.2, 0.25) is 0 Å². The Kier molecular flexibility index (Phi) is 6.62. The highest BCUT2D eigenvalue weighted by Gasteiger charge is 2.13. The van der Waals surface area contributed by atoms with Crippen molar-refractivity contribution in [2.75, 3.05) is 17.2 Å². The van der Waals surface area contributed by atoms with E-state index in [1.54, 1.807) is 18.2 Å². The molecule has 23 heavy (non-hydrogen) atoms. The number of nitrogens with one attached hydrogen (secondary N) is 2. The first-order chi connectivity index (χ1) is 11.1. The zero-order valence-electron chi connectivity index (χ0n) is 12.8. The van der Waals surface area contributed by atoms with Crippen LogP contribution in [0, 0.1) is 0 Å². The van der Waals surface area contributed by atoms with Gasteiger partial charge in [0, 0.05) is 6.54 Å². The van der Waals surface area contributed by atoms with Crippen LogP contribution in [0.1, 0.15) is 36.7 Å². The summed E-state index contributed by atoms with van der Waals surface area (Å²) >= 11 is 12.0. The van der Waals surface area contributed by atoms with E-state index >= 15 is 0 Å². The Balaban J connectivity index is 1.97. The van der Waals surface area contributed by atoms with Gasteiger partial charge < -0.3 is 10.6 Å². The Hall–Kier alpha value is -1.85. The first-order valence-corrected chi connectivity index (χ1v) is 8.18. The molecule has 0 unspecified atom stereocenters. The number of rotatable bonds is 7. The molecule has 0 aliphatic rings. The third-order valence-corrected chi connectivity index (χ3v) is 3.80. The minimum atomic E-state index is -0.412. The van der Waals surface area contributed by atoms with E-state index in [1.165, 1.54) is 18.8 Å². The topological polar surface area (TPSA) is 66.9 Å². The average Bonchev–Trinajstić information content (AvgIpc) is 2.55. The maximum absolute atomic E-state index is 12.2. The summed E-state index contributed by atoms with van der Waals surface area (Å²) in [6.45, 7) is 2.99. The lowest BCUT2D eigenvalue weighted by Gasteiger charge is -2.09. The van der Waals surface area contributed by atoms with E-state index in [9.17, 15) is 4.79 Å². The number of aromatic nitrogens is 2. The van der Waals surface area contributed by atoms with Crippen molar-refractivity contribution < 1.29 is 4.79 Å². The monoisotopic (exact) mass is 352 g/mol. The van der Waals surface area contributed by atoms with E-state index in [-0.39, 0.29) is 5.69 Å². The molecule has 1 aromatic carbocycles. The van der Waals surface area contributed by atoms with Gasteiger partial charge in [-0.2, -0.15) is 0 Å². The molecule has 0 aliphatic carbocycles. The number of unbranched alkanes of at least 4 members (excludes halogenated alkanes) is 2. The van der Waals surface area contributed by atoms with Crippen LogP contribution in [0.25, 0.3) is 0 Å². The van der Waals surface area contributed by atoms with Gasteiger partial charge in [-0.1, -0.05) is 49.0 Å². The van der Waals surface area contributed by atoms with Crippen LogP contribution in [0.15, 0.2) is 30.6 Å². The van der Waals surface area contributed by atoms with Gasteiger partial charge in [0.05, 0.1) is 28.1 Å². The molecule has 0 bridgehead atoms. The Morgan fingerprint density at radius 2 is 1.87 bits per heavy atom. The smallest absolute Gasteiger partial charge is 0.275 e. The quantitative estimate of drug-likeness (QED) is 0.712. The molecule has 2 rings (SSSR count). The van der Waals surface area contributed by atoms with Crippen LogP contribution in [0.2, 0.25) is 10.0 Å². The summed E-state index contributed by atoms with van der Waals surface area (Å²) in [6, 6.07) is 5.01. The van der Waals surface area contributed by atoms with Crippen LogP contribution in [-0.2, 0) is 0 Å². The Labute approximate surface area is 145 Å². The number of halogens is 2. The molecule has 1 heterocycles. The highest BCUT2D eigenvalue weighted by Crippen LogP contribution is 2.30. The minimum Gasteiger partial charge on any atom is -0.369 e. The zero-order valence-corrected chi connectivity index (χ0v) is 14.3. The molecular formula is C16H18Cl2N4O. The summed E-state index contributed by atoms with van der Waals surface area (Å²) < 4.78 is 0. The van der Waals surface area contributed by atoms with Gasteiger partial charge in [-0.3, -0.25) is 4.79 Å². The fourth-order valence-corrected chi connectivity index (χ4v) is 2.41. The maximum Gasteiger partial charge on any atom is 0.275 e. The molecule has 7 heteroatoms. The molecule has 1 aromatic heterocycles. The summed E-state index contributed by atoms with van der Waals surface area (Å²) in [5.74, 6) is 0.235. The van der Waals surface area contributed by atoms with E-state index in [0.717, 1.165) is 19.4 Å². The number of carbonyl (C=O) groups excluding carboxylic acids is 1. The fraction of sp³-hybridized carbons (Fsp3) is 0.312. The van der Waals surface area contributed by atoms with E-state index in [2.05, 4.69) is 27.5 Å². The molecule has 0 aliphatic heterocycles. The molecule has 1 amide bonds. The van der Waals surface area contributed by atoms with Gasteiger partial charge in [-0.15, -0.1) is 0 Å². The van der Waals surface area contributed by atoms with Crippen LogP contribution >= 0.6 is 23.2 Å². The molecule has 0 radical (unpaired) electrons. The van der Waals surface area contributed by atoms with Crippen LogP contribution < -0.4 is 10.6 Å². The van der Waals surface area contributed by atoms with Crippen molar-refractivity contribution in [2.45, 2.75) is 26.2 Å². The predicted octanol–water partition coefficient (Wildman–Crippen LogP) is 4.64. The van der Waals surface area contributed by atoms with Crippen LogP contribution in [-0.4, -0.2) is 22.4 Å². The van der Waals surface area contributed by atoms with E-state index in [4.69, 9.17) is 23.2 Å². The molecule has 122 valence electrons. The second-order valence-corrected chi connectivity index (χ2v) is 5.79. The molecule has 2 N–H and O–H groups in total. The number of amides is 1. The molecule has 0 saturated carbocycles. The van der Waals surface area contributed by atoms with E-state index in [0.29, 0.717) is 21.6 Å². The van der Waals surface area contributed by atoms with Crippen molar-refractivity contribution in [1.29, 1.82) is 0 Å². The lowest BCUT2D eigenvalue weighted by Crippen LogP contribution is -2.15. The molecule has 2 aromatic rings.